The lowest BCUT2D eigenvalue weighted by Gasteiger charge is -2.23. The van der Waals surface area contributed by atoms with Crippen molar-refractivity contribution in [2.45, 2.75) is 38.6 Å². The Morgan fingerprint density at radius 1 is 1.20 bits per heavy atom. The van der Waals surface area contributed by atoms with Gasteiger partial charge in [0.1, 0.15) is 11.6 Å². The minimum absolute atomic E-state index is 0.614. The topological polar surface area (TPSA) is 76.7 Å². The maximum absolute atomic E-state index is 12.7. The number of carbonyl (C=O) groups excluding carboxylic acids is 2. The molecule has 20 heavy (non-hydrogen) atoms. The number of halogens is 3. The van der Waals surface area contributed by atoms with Crippen LogP contribution in [0.25, 0.3) is 0 Å². The van der Waals surface area contributed by atoms with Gasteiger partial charge in [-0.15, -0.1) is 0 Å². The number of alkyl carbamates (subject to hydrolysis) is 1. The van der Waals surface area contributed by atoms with Crippen molar-refractivity contribution in [3.05, 3.63) is 0 Å². The predicted octanol–water partition coefficient (Wildman–Crippen LogP) is 1.20. The summed E-state index contributed by atoms with van der Waals surface area (Å²) in [5.74, 6) is -0.837. The molecule has 1 amide bonds. The Labute approximate surface area is 115 Å². The molecule has 0 aliphatic rings. The van der Waals surface area contributed by atoms with Crippen LogP contribution in [0.2, 0.25) is 0 Å². The largest absolute Gasteiger partial charge is 0.468 e. The molecule has 0 fully saturated rings. The first-order valence-corrected chi connectivity index (χ1v) is 5.79. The van der Waals surface area contributed by atoms with Crippen LogP contribution in [-0.4, -0.2) is 50.1 Å². The third-order valence-electron chi connectivity index (χ3n) is 1.96. The fraction of sp³-hybridized carbons (Fsp3) is 0.818. The molecule has 0 aliphatic carbocycles. The zero-order valence-corrected chi connectivity index (χ0v) is 11.8. The molecule has 0 aromatic rings. The summed E-state index contributed by atoms with van der Waals surface area (Å²) in [4.78, 5) is 22.1. The van der Waals surface area contributed by atoms with Gasteiger partial charge in [0.15, 0.2) is 0 Å². The first-order valence-electron chi connectivity index (χ1n) is 5.79. The van der Waals surface area contributed by atoms with Crippen molar-refractivity contribution < 1.29 is 32.2 Å². The van der Waals surface area contributed by atoms with E-state index in [4.69, 9.17) is 4.74 Å². The second-order valence-electron chi connectivity index (χ2n) is 4.93. The summed E-state index contributed by atoms with van der Waals surface area (Å²) < 4.78 is 47.0. The van der Waals surface area contributed by atoms with Gasteiger partial charge >= 0.3 is 18.2 Å². The number of ether oxygens (including phenoxy) is 2. The van der Waals surface area contributed by atoms with Crippen LogP contribution in [0.5, 0.6) is 0 Å². The molecule has 0 aliphatic heterocycles. The van der Waals surface area contributed by atoms with Crippen molar-refractivity contribution in [1.29, 1.82) is 0 Å². The van der Waals surface area contributed by atoms with Gasteiger partial charge in [0.2, 0.25) is 0 Å². The van der Waals surface area contributed by atoms with Crippen LogP contribution in [0.3, 0.4) is 0 Å². The average Bonchev–Trinajstić information content (AvgIpc) is 2.24. The van der Waals surface area contributed by atoms with Crippen LogP contribution in [0.4, 0.5) is 18.0 Å². The van der Waals surface area contributed by atoms with Crippen LogP contribution >= 0.6 is 0 Å². The molecule has 0 saturated heterocycles. The zero-order valence-electron chi connectivity index (χ0n) is 11.8. The second kappa shape index (κ2) is 7.32. The number of esters is 1. The third kappa shape index (κ3) is 8.57. The molecule has 0 radical (unpaired) electrons. The number of hydrogen-bond donors (Lipinski definition) is 2. The van der Waals surface area contributed by atoms with E-state index >= 15 is 0 Å². The number of nitrogens with one attached hydrogen (secondary N) is 2. The lowest BCUT2D eigenvalue weighted by Crippen LogP contribution is -2.52. The molecule has 6 nitrogen and oxygen atoms in total. The Hall–Kier alpha value is -1.51. The van der Waals surface area contributed by atoms with Crippen molar-refractivity contribution in [1.82, 2.24) is 10.6 Å². The number of hydrogen-bond acceptors (Lipinski definition) is 5. The summed E-state index contributed by atoms with van der Waals surface area (Å²) >= 11 is 0. The molecule has 1 atom stereocenters. The van der Waals surface area contributed by atoms with Gasteiger partial charge in [-0.1, -0.05) is 0 Å². The number of methoxy groups -OCH3 is 1. The van der Waals surface area contributed by atoms with Gasteiger partial charge in [-0.05, 0) is 20.8 Å². The first-order chi connectivity index (χ1) is 8.95. The van der Waals surface area contributed by atoms with E-state index in [2.05, 4.69) is 4.74 Å². The van der Waals surface area contributed by atoms with E-state index in [9.17, 15) is 22.8 Å². The minimum atomic E-state index is -4.62. The number of alkyl halides is 3. The monoisotopic (exact) mass is 300 g/mol. The molecule has 9 heteroatoms. The highest BCUT2D eigenvalue weighted by molar-refractivity contribution is 5.71. The SMILES string of the molecule is COC(=O)CNC(CNC(=O)OC(C)(C)C)C(F)(F)F. The molecule has 2 N–H and O–H groups in total. The Morgan fingerprint density at radius 3 is 2.15 bits per heavy atom. The molecular weight excluding hydrogens is 281 g/mol. The van der Waals surface area contributed by atoms with E-state index in [1.807, 2.05) is 10.6 Å². The van der Waals surface area contributed by atoms with Gasteiger partial charge < -0.3 is 14.8 Å². The highest BCUT2D eigenvalue weighted by Gasteiger charge is 2.40. The fourth-order valence-electron chi connectivity index (χ4n) is 1.08. The summed E-state index contributed by atoms with van der Waals surface area (Å²) in [7, 11) is 1.06. The summed E-state index contributed by atoms with van der Waals surface area (Å²) in [6.45, 7) is 3.39. The Kier molecular flexibility index (Phi) is 6.77. The number of carbonyl (C=O) groups is 2. The van der Waals surface area contributed by atoms with E-state index in [1.54, 1.807) is 20.8 Å². The molecule has 118 valence electrons. The molecule has 0 rings (SSSR count). The lowest BCUT2D eigenvalue weighted by molar-refractivity contribution is -0.157. The van der Waals surface area contributed by atoms with Gasteiger partial charge in [-0.3, -0.25) is 10.1 Å². The van der Waals surface area contributed by atoms with Crippen LogP contribution < -0.4 is 10.6 Å². The molecule has 0 aromatic heterocycles. The maximum atomic E-state index is 12.7. The lowest BCUT2D eigenvalue weighted by atomic mass is 10.2. The normalized spacial score (nSPS) is 13.6. The second-order valence-corrected chi connectivity index (χ2v) is 4.93. The van der Waals surface area contributed by atoms with Crippen LogP contribution in [0.1, 0.15) is 20.8 Å². The van der Waals surface area contributed by atoms with E-state index < -0.39 is 43.0 Å². The van der Waals surface area contributed by atoms with Gasteiger partial charge in [-0.25, -0.2) is 4.79 Å². The molecule has 0 spiro atoms. The Balaban J connectivity index is 4.38. The molecule has 0 saturated carbocycles. The first kappa shape index (κ1) is 18.5. The molecule has 1 unspecified atom stereocenters. The Morgan fingerprint density at radius 2 is 1.75 bits per heavy atom. The highest BCUT2D eigenvalue weighted by Crippen LogP contribution is 2.19. The average molecular weight is 300 g/mol. The van der Waals surface area contributed by atoms with Gasteiger partial charge in [0.25, 0.3) is 0 Å². The van der Waals surface area contributed by atoms with Crippen molar-refractivity contribution in [3.8, 4) is 0 Å². The van der Waals surface area contributed by atoms with Crippen LogP contribution in [0.15, 0.2) is 0 Å². The maximum Gasteiger partial charge on any atom is 0.407 e. The quantitative estimate of drug-likeness (QED) is 0.746. The molecular formula is C11H19F3N2O4. The number of rotatable bonds is 5. The van der Waals surface area contributed by atoms with E-state index in [1.165, 1.54) is 0 Å². The third-order valence-corrected chi connectivity index (χ3v) is 1.96. The summed E-state index contributed by atoms with van der Waals surface area (Å²) in [5, 5.41) is 3.95. The van der Waals surface area contributed by atoms with Crippen molar-refractivity contribution in [3.63, 3.8) is 0 Å². The van der Waals surface area contributed by atoms with Crippen molar-refractivity contribution in [2.75, 3.05) is 20.2 Å². The van der Waals surface area contributed by atoms with E-state index in [0.717, 1.165) is 7.11 Å². The summed E-state index contributed by atoms with van der Waals surface area (Å²) in [6.07, 6.45) is -5.59. The zero-order chi connectivity index (χ0) is 16.0. The van der Waals surface area contributed by atoms with Crippen molar-refractivity contribution in [2.24, 2.45) is 0 Å². The van der Waals surface area contributed by atoms with Crippen LogP contribution in [-0.2, 0) is 14.3 Å². The fourth-order valence-corrected chi connectivity index (χ4v) is 1.08. The van der Waals surface area contributed by atoms with E-state index in [-0.39, 0.29) is 0 Å². The predicted molar refractivity (Wildman–Crippen MR) is 64.1 cm³/mol. The standard InChI is InChI=1S/C11H19F3N2O4/c1-10(2,3)20-9(18)16-5-7(11(12,13)14)15-6-8(17)19-4/h7,15H,5-6H2,1-4H3,(H,16,18). The smallest absolute Gasteiger partial charge is 0.407 e. The highest BCUT2D eigenvalue weighted by atomic mass is 19.4. The molecule has 0 bridgehead atoms. The summed E-state index contributed by atoms with van der Waals surface area (Å²) in [6, 6.07) is -2.07. The van der Waals surface area contributed by atoms with E-state index in [0.29, 0.717) is 0 Å². The van der Waals surface area contributed by atoms with Gasteiger partial charge in [-0.2, -0.15) is 13.2 Å². The minimum Gasteiger partial charge on any atom is -0.468 e. The number of amides is 1. The molecule has 0 heterocycles. The molecule has 0 aromatic carbocycles. The van der Waals surface area contributed by atoms with Crippen LogP contribution in [0, 0.1) is 0 Å². The summed E-state index contributed by atoms with van der Waals surface area (Å²) in [5.41, 5.74) is -0.808. The van der Waals surface area contributed by atoms with Crippen molar-refractivity contribution >= 4 is 12.1 Å². The van der Waals surface area contributed by atoms with Gasteiger partial charge in [0, 0.05) is 6.54 Å². The Bertz CT molecular complexity index is 340. The van der Waals surface area contributed by atoms with Gasteiger partial charge in [0.05, 0.1) is 13.7 Å².